The van der Waals surface area contributed by atoms with E-state index >= 15 is 0 Å². The Hall–Kier alpha value is -3.37. The van der Waals surface area contributed by atoms with E-state index in [9.17, 15) is 8.42 Å². The summed E-state index contributed by atoms with van der Waals surface area (Å²) in [5, 5.41) is 3.41. The molecule has 0 atom stereocenters. The van der Waals surface area contributed by atoms with Crippen molar-refractivity contribution in [3.05, 3.63) is 48.0 Å². The first kappa shape index (κ1) is 20.5. The van der Waals surface area contributed by atoms with Crippen LogP contribution in [0.5, 0.6) is 11.5 Å². The smallest absolute Gasteiger partial charge is 0.264 e. The average Bonchev–Trinajstić information content (AvgIpc) is 2.78. The van der Waals surface area contributed by atoms with Crippen molar-refractivity contribution in [2.24, 2.45) is 0 Å². The zero-order valence-corrected chi connectivity index (χ0v) is 18.2. The number of anilines is 2. The van der Waals surface area contributed by atoms with Gasteiger partial charge in [0.1, 0.15) is 27.8 Å². The molecule has 1 aliphatic rings. The van der Waals surface area contributed by atoms with Crippen LogP contribution in [0.2, 0.25) is 0 Å². The number of fused-ring (bicyclic) bond motifs is 7. The Labute approximate surface area is 184 Å². The predicted molar refractivity (Wildman–Crippen MR) is 121 cm³/mol. The van der Waals surface area contributed by atoms with Gasteiger partial charge in [0.05, 0.1) is 17.1 Å². The number of rotatable bonds is 6. The molecule has 0 fully saturated rings. The Balaban J connectivity index is 1.63. The van der Waals surface area contributed by atoms with E-state index in [-0.39, 0.29) is 12.2 Å². The molecule has 0 saturated heterocycles. The maximum atomic E-state index is 11.1. The molecule has 1 aliphatic heterocycles. The molecule has 0 spiro atoms. The maximum absolute atomic E-state index is 11.1. The van der Waals surface area contributed by atoms with Gasteiger partial charge in [-0.2, -0.15) is 8.42 Å². The van der Waals surface area contributed by atoms with Crippen LogP contribution in [-0.4, -0.2) is 38.7 Å². The highest BCUT2D eigenvalue weighted by Crippen LogP contribution is 2.49. The van der Waals surface area contributed by atoms with Gasteiger partial charge in [0.2, 0.25) is 0 Å². The third kappa shape index (κ3) is 3.71. The summed E-state index contributed by atoms with van der Waals surface area (Å²) < 4.78 is 37.6. The van der Waals surface area contributed by atoms with Crippen LogP contribution in [0.15, 0.2) is 36.8 Å². The van der Waals surface area contributed by atoms with Gasteiger partial charge in [-0.1, -0.05) is 25.5 Å². The molecular formula is C22H21N5O4S. The first-order valence-electron chi connectivity index (χ1n) is 10.4. The Bertz CT molecular complexity index is 1460. The van der Waals surface area contributed by atoms with Crippen molar-refractivity contribution in [3.63, 3.8) is 0 Å². The van der Waals surface area contributed by atoms with Crippen molar-refractivity contribution in [2.75, 3.05) is 11.1 Å². The quantitative estimate of drug-likeness (QED) is 0.288. The zero-order valence-electron chi connectivity index (χ0n) is 17.4. The molecule has 5 rings (SSSR count). The standard InChI is InChI=1S/C22H21N5O4S/c1-2-5-14-12-25-17-18(26-14)16-19(24-10-9-23-16)22-20(17)27-15-8-3-6-13(21(15)31-22)7-4-11-32(28,29)30/h3,6,8-10,12,27H,2,4-5,7,11H2,1H3,(H,28,29,30). The maximum Gasteiger partial charge on any atom is 0.264 e. The van der Waals surface area contributed by atoms with Crippen LogP contribution >= 0.6 is 0 Å². The second-order valence-electron chi connectivity index (χ2n) is 7.68. The minimum Gasteiger partial charge on any atom is -0.450 e. The topological polar surface area (TPSA) is 127 Å². The van der Waals surface area contributed by atoms with Crippen molar-refractivity contribution in [1.29, 1.82) is 0 Å². The van der Waals surface area contributed by atoms with Gasteiger partial charge in [-0.05, 0) is 30.9 Å². The third-order valence-corrected chi connectivity index (χ3v) is 6.14. The summed E-state index contributed by atoms with van der Waals surface area (Å²) in [6, 6.07) is 5.63. The lowest BCUT2D eigenvalue weighted by atomic mass is 10.1. The predicted octanol–water partition coefficient (Wildman–Crippen LogP) is 4.20. The van der Waals surface area contributed by atoms with Crippen LogP contribution in [0.3, 0.4) is 0 Å². The van der Waals surface area contributed by atoms with E-state index in [0.717, 1.165) is 29.8 Å². The fraction of sp³-hybridized carbons (Fsp3) is 0.273. The van der Waals surface area contributed by atoms with Crippen molar-refractivity contribution in [2.45, 2.75) is 32.6 Å². The summed E-state index contributed by atoms with van der Waals surface area (Å²) >= 11 is 0. The summed E-state index contributed by atoms with van der Waals surface area (Å²) in [5.41, 5.74) is 5.63. The summed E-state index contributed by atoms with van der Waals surface area (Å²) in [6.45, 7) is 2.09. The van der Waals surface area contributed by atoms with E-state index in [1.54, 1.807) is 18.6 Å². The highest BCUT2D eigenvalue weighted by Gasteiger charge is 2.27. The van der Waals surface area contributed by atoms with Crippen molar-refractivity contribution < 1.29 is 17.7 Å². The van der Waals surface area contributed by atoms with E-state index in [1.807, 2.05) is 18.2 Å². The first-order valence-corrected chi connectivity index (χ1v) is 12.0. The lowest BCUT2D eigenvalue weighted by molar-refractivity contribution is 0.474. The minimum absolute atomic E-state index is 0.273. The number of hydrogen-bond acceptors (Lipinski definition) is 8. The van der Waals surface area contributed by atoms with Gasteiger partial charge in [-0.3, -0.25) is 14.5 Å². The van der Waals surface area contributed by atoms with Gasteiger partial charge in [0.15, 0.2) is 11.5 Å². The number of hydrogen-bond donors (Lipinski definition) is 2. The van der Waals surface area contributed by atoms with Crippen LogP contribution in [0.25, 0.3) is 22.1 Å². The normalized spacial score (nSPS) is 12.8. The van der Waals surface area contributed by atoms with Gasteiger partial charge in [-0.25, -0.2) is 9.97 Å². The summed E-state index contributed by atoms with van der Waals surface area (Å²) in [5.74, 6) is 0.792. The molecular weight excluding hydrogens is 430 g/mol. The van der Waals surface area contributed by atoms with E-state index in [4.69, 9.17) is 14.3 Å². The van der Waals surface area contributed by atoms with E-state index in [0.29, 0.717) is 45.7 Å². The first-order chi connectivity index (χ1) is 15.4. The lowest BCUT2D eigenvalue weighted by Gasteiger charge is -2.25. The number of aromatic nitrogens is 4. The number of aryl methyl sites for hydroxylation is 2. The van der Waals surface area contributed by atoms with Crippen molar-refractivity contribution in [1.82, 2.24) is 19.9 Å². The number of nitrogens with one attached hydrogen (secondary N) is 1. The largest absolute Gasteiger partial charge is 0.450 e. The van der Waals surface area contributed by atoms with Gasteiger partial charge in [0, 0.05) is 18.6 Å². The number of para-hydroxylation sites is 1. The van der Waals surface area contributed by atoms with Gasteiger partial charge in [0.25, 0.3) is 10.1 Å². The van der Waals surface area contributed by atoms with Crippen molar-refractivity contribution in [3.8, 4) is 11.5 Å². The van der Waals surface area contributed by atoms with E-state index in [1.165, 1.54) is 0 Å². The van der Waals surface area contributed by atoms with Crippen LogP contribution in [0.4, 0.5) is 11.4 Å². The van der Waals surface area contributed by atoms with Gasteiger partial charge >= 0.3 is 0 Å². The molecule has 0 unspecified atom stereocenters. The molecule has 0 radical (unpaired) electrons. The Morgan fingerprint density at radius 2 is 1.81 bits per heavy atom. The van der Waals surface area contributed by atoms with Crippen LogP contribution < -0.4 is 10.1 Å². The molecule has 2 aromatic carbocycles. The summed E-state index contributed by atoms with van der Waals surface area (Å²) in [7, 11) is -4.02. The fourth-order valence-electron chi connectivity index (χ4n) is 3.95. The Kier molecular flexibility index (Phi) is 5.10. The molecule has 164 valence electrons. The van der Waals surface area contributed by atoms with Crippen LogP contribution in [-0.2, 0) is 23.0 Å². The molecule has 2 aromatic heterocycles. The van der Waals surface area contributed by atoms with Gasteiger partial charge < -0.3 is 10.1 Å². The molecule has 0 amide bonds. The van der Waals surface area contributed by atoms with Crippen LogP contribution in [0, 0.1) is 0 Å². The van der Waals surface area contributed by atoms with E-state index < -0.39 is 10.1 Å². The van der Waals surface area contributed by atoms with Crippen LogP contribution in [0.1, 0.15) is 31.0 Å². The van der Waals surface area contributed by atoms with E-state index in [2.05, 4.69) is 27.2 Å². The molecule has 0 aliphatic carbocycles. The zero-order chi connectivity index (χ0) is 22.3. The Morgan fingerprint density at radius 3 is 2.59 bits per heavy atom. The molecule has 10 heteroatoms. The molecule has 9 nitrogen and oxygen atoms in total. The molecule has 4 aromatic rings. The molecule has 32 heavy (non-hydrogen) atoms. The molecule has 0 saturated carbocycles. The minimum atomic E-state index is -4.02. The average molecular weight is 452 g/mol. The molecule has 0 bridgehead atoms. The highest BCUT2D eigenvalue weighted by molar-refractivity contribution is 7.85. The summed E-state index contributed by atoms with van der Waals surface area (Å²) in [6.07, 6.45) is 7.48. The summed E-state index contributed by atoms with van der Waals surface area (Å²) in [4.78, 5) is 18.5. The molecule has 2 N–H and O–H groups in total. The SMILES string of the molecule is CCCc1cnc2c3c(c4nccnc4c2n1)Oc1c(CCCS(=O)(=O)O)cccc1N3. The molecule has 3 heterocycles. The lowest BCUT2D eigenvalue weighted by Crippen LogP contribution is -2.10. The second-order valence-corrected chi connectivity index (χ2v) is 9.25. The van der Waals surface area contributed by atoms with Gasteiger partial charge in [-0.15, -0.1) is 0 Å². The highest BCUT2D eigenvalue weighted by atomic mass is 32.2. The number of benzene rings is 2. The fourth-order valence-corrected chi connectivity index (χ4v) is 4.46. The second kappa shape index (κ2) is 7.95. The number of ether oxygens (including phenoxy) is 1. The third-order valence-electron chi connectivity index (χ3n) is 5.34. The number of nitrogens with zero attached hydrogens (tertiary/aromatic N) is 4. The Morgan fingerprint density at radius 1 is 1.00 bits per heavy atom. The monoisotopic (exact) mass is 451 g/mol. The van der Waals surface area contributed by atoms with Crippen molar-refractivity contribution >= 4 is 43.6 Å².